The fraction of sp³-hybridized carbons (Fsp3) is 0.261. The topological polar surface area (TPSA) is 62.3 Å². The van der Waals surface area contributed by atoms with Gasteiger partial charge in [0.2, 0.25) is 0 Å². The summed E-state index contributed by atoms with van der Waals surface area (Å²) >= 11 is 1.45. The second-order valence-electron chi connectivity index (χ2n) is 7.18. The maximum atomic E-state index is 13.2. The van der Waals surface area contributed by atoms with E-state index in [1.54, 1.807) is 0 Å². The molecule has 0 aliphatic carbocycles. The Morgan fingerprint density at radius 1 is 1.00 bits per heavy atom. The number of hydrogen-bond acceptors (Lipinski definition) is 4. The molecule has 4 rings (SSSR count). The minimum atomic E-state index is -0.0557. The first kappa shape index (κ1) is 19.3. The molecule has 0 spiro atoms. The van der Waals surface area contributed by atoms with Crippen molar-refractivity contribution in [2.75, 3.05) is 13.1 Å². The van der Waals surface area contributed by atoms with E-state index < -0.39 is 0 Å². The Kier molecular flexibility index (Phi) is 5.71. The van der Waals surface area contributed by atoms with Crippen LogP contribution in [0.5, 0.6) is 0 Å². The maximum absolute atomic E-state index is 13.2. The van der Waals surface area contributed by atoms with Gasteiger partial charge in [-0.25, -0.2) is 4.98 Å². The van der Waals surface area contributed by atoms with Gasteiger partial charge in [-0.15, -0.1) is 11.3 Å². The number of likely N-dealkylation sites (tertiary alicyclic amines) is 1. The van der Waals surface area contributed by atoms with Crippen LogP contribution in [-0.4, -0.2) is 40.8 Å². The number of piperidine rings is 1. The van der Waals surface area contributed by atoms with Crippen molar-refractivity contribution in [3.8, 4) is 11.3 Å². The summed E-state index contributed by atoms with van der Waals surface area (Å²) in [7, 11) is 0. The molecule has 6 heteroatoms. The van der Waals surface area contributed by atoms with Crippen LogP contribution in [0.15, 0.2) is 60.7 Å². The molecule has 0 atom stereocenters. The van der Waals surface area contributed by atoms with Gasteiger partial charge in [0.05, 0.1) is 10.7 Å². The summed E-state index contributed by atoms with van der Waals surface area (Å²) in [6, 6.07) is 19.2. The molecule has 0 unspecified atom stereocenters. The first-order valence-electron chi connectivity index (χ1n) is 9.80. The van der Waals surface area contributed by atoms with Crippen LogP contribution >= 0.6 is 11.3 Å². The van der Waals surface area contributed by atoms with Crippen LogP contribution in [0.2, 0.25) is 0 Å². The number of benzene rings is 2. The second kappa shape index (κ2) is 8.57. The average molecular weight is 406 g/mol. The first-order valence-corrected chi connectivity index (χ1v) is 10.6. The van der Waals surface area contributed by atoms with Crippen molar-refractivity contribution in [2.45, 2.75) is 25.8 Å². The van der Waals surface area contributed by atoms with E-state index in [2.05, 4.69) is 10.3 Å². The molecule has 2 aromatic carbocycles. The Labute approximate surface area is 174 Å². The van der Waals surface area contributed by atoms with E-state index in [0.717, 1.165) is 29.1 Å². The SMILES string of the molecule is Cc1nc(-c2ccccc2)c(C(=O)N2CCC(NC(=O)c3ccccc3)CC2)s1. The third-order valence-electron chi connectivity index (χ3n) is 5.13. The largest absolute Gasteiger partial charge is 0.349 e. The molecule has 1 aliphatic rings. The highest BCUT2D eigenvalue weighted by Crippen LogP contribution is 2.30. The van der Waals surface area contributed by atoms with Crippen LogP contribution in [0, 0.1) is 6.92 Å². The Bertz CT molecular complexity index is 993. The van der Waals surface area contributed by atoms with Crippen molar-refractivity contribution in [1.82, 2.24) is 15.2 Å². The lowest BCUT2D eigenvalue weighted by molar-refractivity contribution is 0.0703. The van der Waals surface area contributed by atoms with E-state index in [1.165, 1.54) is 11.3 Å². The Balaban J connectivity index is 1.41. The van der Waals surface area contributed by atoms with Gasteiger partial charge in [0.25, 0.3) is 11.8 Å². The summed E-state index contributed by atoms with van der Waals surface area (Å²) in [5.41, 5.74) is 2.39. The molecule has 1 aromatic heterocycles. The zero-order valence-electron chi connectivity index (χ0n) is 16.3. The smallest absolute Gasteiger partial charge is 0.266 e. The summed E-state index contributed by atoms with van der Waals surface area (Å²) in [6.07, 6.45) is 1.51. The number of nitrogens with zero attached hydrogens (tertiary/aromatic N) is 2. The fourth-order valence-corrected chi connectivity index (χ4v) is 4.50. The van der Waals surface area contributed by atoms with Gasteiger partial charge in [0, 0.05) is 30.3 Å². The number of amides is 2. The van der Waals surface area contributed by atoms with Crippen LogP contribution in [0.3, 0.4) is 0 Å². The van der Waals surface area contributed by atoms with Gasteiger partial charge < -0.3 is 10.2 Å². The van der Waals surface area contributed by atoms with Crippen LogP contribution in [0.25, 0.3) is 11.3 Å². The second-order valence-corrected chi connectivity index (χ2v) is 8.39. The molecular weight excluding hydrogens is 382 g/mol. The van der Waals surface area contributed by atoms with Crippen LogP contribution < -0.4 is 5.32 Å². The molecule has 0 radical (unpaired) electrons. The van der Waals surface area contributed by atoms with E-state index >= 15 is 0 Å². The van der Waals surface area contributed by atoms with Crippen molar-refractivity contribution in [3.63, 3.8) is 0 Å². The zero-order valence-corrected chi connectivity index (χ0v) is 17.1. The van der Waals surface area contributed by atoms with Crippen LogP contribution in [-0.2, 0) is 0 Å². The van der Waals surface area contributed by atoms with Crippen molar-refractivity contribution in [2.24, 2.45) is 0 Å². The molecule has 2 amide bonds. The molecule has 0 bridgehead atoms. The lowest BCUT2D eigenvalue weighted by atomic mass is 10.0. The van der Waals surface area contributed by atoms with Gasteiger partial charge in [0.15, 0.2) is 0 Å². The quantitative estimate of drug-likeness (QED) is 0.709. The molecule has 3 aromatic rings. The lowest BCUT2D eigenvalue weighted by Crippen LogP contribution is -2.46. The number of hydrogen-bond donors (Lipinski definition) is 1. The number of aryl methyl sites for hydroxylation is 1. The van der Waals surface area contributed by atoms with E-state index in [9.17, 15) is 9.59 Å². The molecule has 1 N–H and O–H groups in total. The van der Waals surface area contributed by atoms with Crippen molar-refractivity contribution >= 4 is 23.2 Å². The van der Waals surface area contributed by atoms with Crippen molar-refractivity contribution < 1.29 is 9.59 Å². The Morgan fingerprint density at radius 2 is 1.62 bits per heavy atom. The average Bonchev–Trinajstić information content (AvgIpc) is 3.16. The van der Waals surface area contributed by atoms with Gasteiger partial charge in [-0.3, -0.25) is 9.59 Å². The normalized spacial score (nSPS) is 14.6. The number of rotatable bonds is 4. The number of aromatic nitrogens is 1. The molecule has 2 heterocycles. The third-order valence-corrected chi connectivity index (χ3v) is 6.09. The Morgan fingerprint density at radius 3 is 2.28 bits per heavy atom. The van der Waals surface area contributed by atoms with Gasteiger partial charge in [-0.2, -0.15) is 0 Å². The van der Waals surface area contributed by atoms with E-state index in [1.807, 2.05) is 72.5 Å². The monoisotopic (exact) mass is 405 g/mol. The summed E-state index contributed by atoms with van der Waals surface area (Å²) < 4.78 is 0. The predicted molar refractivity (Wildman–Crippen MR) is 115 cm³/mol. The standard InChI is InChI=1S/C23H23N3O2S/c1-16-24-20(17-8-4-2-5-9-17)21(29-16)23(28)26-14-12-19(13-15-26)25-22(27)18-10-6-3-7-11-18/h2-11,19H,12-15H2,1H3,(H,25,27). The van der Waals surface area contributed by atoms with E-state index in [0.29, 0.717) is 23.5 Å². The van der Waals surface area contributed by atoms with Crippen molar-refractivity contribution in [1.29, 1.82) is 0 Å². The molecular formula is C23H23N3O2S. The molecule has 148 valence electrons. The van der Waals surface area contributed by atoms with Gasteiger partial charge in [0.1, 0.15) is 4.88 Å². The molecule has 1 saturated heterocycles. The number of nitrogens with one attached hydrogen (secondary N) is 1. The zero-order chi connectivity index (χ0) is 20.2. The molecule has 0 saturated carbocycles. The summed E-state index contributed by atoms with van der Waals surface area (Å²) in [5.74, 6) is -0.0258. The fourth-order valence-electron chi connectivity index (χ4n) is 3.59. The highest BCUT2D eigenvalue weighted by atomic mass is 32.1. The van der Waals surface area contributed by atoms with Gasteiger partial charge >= 0.3 is 0 Å². The maximum Gasteiger partial charge on any atom is 0.266 e. The Hall–Kier alpha value is -2.99. The molecule has 1 fully saturated rings. The third kappa shape index (κ3) is 4.38. The highest BCUT2D eigenvalue weighted by molar-refractivity contribution is 7.14. The molecule has 29 heavy (non-hydrogen) atoms. The molecule has 1 aliphatic heterocycles. The van der Waals surface area contributed by atoms with Crippen molar-refractivity contribution in [3.05, 3.63) is 76.1 Å². The number of carbonyl (C=O) groups excluding carboxylic acids is 2. The first-order chi connectivity index (χ1) is 14.1. The highest BCUT2D eigenvalue weighted by Gasteiger charge is 2.28. The predicted octanol–water partition coefficient (Wildman–Crippen LogP) is 4.15. The van der Waals surface area contributed by atoms with E-state index in [4.69, 9.17) is 0 Å². The van der Waals surface area contributed by atoms with Crippen LogP contribution in [0.1, 0.15) is 37.9 Å². The summed E-state index contributed by atoms with van der Waals surface area (Å²) in [5, 5.41) is 3.98. The van der Waals surface area contributed by atoms with Gasteiger partial charge in [-0.05, 0) is 31.9 Å². The lowest BCUT2D eigenvalue weighted by Gasteiger charge is -2.32. The minimum absolute atomic E-state index is 0.0299. The van der Waals surface area contributed by atoms with Crippen LogP contribution in [0.4, 0.5) is 0 Å². The number of thiazole rings is 1. The number of carbonyl (C=O) groups is 2. The minimum Gasteiger partial charge on any atom is -0.349 e. The summed E-state index contributed by atoms with van der Waals surface area (Å²) in [4.78, 5) is 32.7. The summed E-state index contributed by atoms with van der Waals surface area (Å²) in [6.45, 7) is 3.19. The van der Waals surface area contributed by atoms with E-state index in [-0.39, 0.29) is 17.9 Å². The van der Waals surface area contributed by atoms with Gasteiger partial charge in [-0.1, -0.05) is 48.5 Å². The molecule has 5 nitrogen and oxygen atoms in total.